The summed E-state index contributed by atoms with van der Waals surface area (Å²) in [6, 6.07) is 7.38. The zero-order valence-electron chi connectivity index (χ0n) is 10.2. The molecule has 4 nitrogen and oxygen atoms in total. The fourth-order valence-electron chi connectivity index (χ4n) is 1.25. The first kappa shape index (κ1) is 14.9. The minimum absolute atomic E-state index is 0.0458. The van der Waals surface area contributed by atoms with E-state index in [1.165, 1.54) is 23.1 Å². The maximum absolute atomic E-state index is 11.8. The lowest BCUT2D eigenvalue weighted by molar-refractivity contribution is 0.504. The van der Waals surface area contributed by atoms with Crippen LogP contribution in [0.3, 0.4) is 0 Å². The van der Waals surface area contributed by atoms with Crippen molar-refractivity contribution < 1.29 is 8.42 Å². The van der Waals surface area contributed by atoms with E-state index in [9.17, 15) is 8.42 Å². The first-order valence-corrected chi connectivity index (χ1v) is 7.91. The van der Waals surface area contributed by atoms with Gasteiger partial charge < -0.3 is 5.73 Å². The second-order valence-electron chi connectivity index (χ2n) is 3.66. The second-order valence-corrected chi connectivity index (χ2v) is 6.99. The summed E-state index contributed by atoms with van der Waals surface area (Å²) in [6.07, 6.45) is 5.09. The normalized spacial score (nSPS) is 11.4. The third-order valence-electron chi connectivity index (χ3n) is 2.31. The Bertz CT molecular complexity index is 535. The van der Waals surface area contributed by atoms with Crippen molar-refractivity contribution in [2.24, 2.45) is 0 Å². The van der Waals surface area contributed by atoms with Gasteiger partial charge in [0, 0.05) is 23.4 Å². The quantitative estimate of drug-likeness (QED) is 0.485. The van der Waals surface area contributed by atoms with Crippen LogP contribution in [0.4, 0.5) is 5.69 Å². The molecule has 0 aromatic heterocycles. The maximum atomic E-state index is 11.8. The van der Waals surface area contributed by atoms with Crippen LogP contribution in [0.1, 0.15) is 0 Å². The molecular formula is C12H16N2O2S2. The van der Waals surface area contributed by atoms with Crippen LogP contribution in [-0.4, -0.2) is 37.8 Å². The zero-order chi connectivity index (χ0) is 13.6. The maximum Gasteiger partial charge on any atom is 0.215 e. The third-order valence-corrected chi connectivity index (χ3v) is 5.46. The van der Waals surface area contributed by atoms with Crippen LogP contribution in [0.5, 0.6) is 0 Å². The SMILES string of the molecule is C#CCN(C)S(=O)(=O)CCSc1ccccc1N. The number of hydrogen-bond donors (Lipinski definition) is 1. The van der Waals surface area contributed by atoms with E-state index in [0.717, 1.165) is 4.90 Å². The average molecular weight is 284 g/mol. The predicted octanol–water partition coefficient (Wildman–Crippen LogP) is 1.26. The molecule has 0 aliphatic heterocycles. The van der Waals surface area contributed by atoms with Crippen molar-refractivity contribution in [3.05, 3.63) is 24.3 Å². The van der Waals surface area contributed by atoms with E-state index < -0.39 is 10.0 Å². The first-order chi connectivity index (χ1) is 8.47. The molecule has 0 radical (unpaired) electrons. The van der Waals surface area contributed by atoms with E-state index in [1.807, 2.05) is 18.2 Å². The Morgan fingerprint density at radius 3 is 2.72 bits per heavy atom. The summed E-state index contributed by atoms with van der Waals surface area (Å²) in [5.41, 5.74) is 6.43. The number of benzene rings is 1. The van der Waals surface area contributed by atoms with Crippen LogP contribution in [0, 0.1) is 12.3 Å². The Balaban J connectivity index is 2.52. The van der Waals surface area contributed by atoms with Crippen molar-refractivity contribution in [1.82, 2.24) is 4.31 Å². The van der Waals surface area contributed by atoms with Crippen molar-refractivity contribution in [3.8, 4) is 12.3 Å². The van der Waals surface area contributed by atoms with Crippen LogP contribution in [0.15, 0.2) is 29.2 Å². The van der Waals surface area contributed by atoms with Crippen LogP contribution in [-0.2, 0) is 10.0 Å². The first-order valence-electron chi connectivity index (χ1n) is 5.32. The number of anilines is 1. The number of hydrogen-bond acceptors (Lipinski definition) is 4. The fourth-order valence-corrected chi connectivity index (χ4v) is 3.64. The van der Waals surface area contributed by atoms with Crippen molar-refractivity contribution in [2.75, 3.05) is 30.8 Å². The highest BCUT2D eigenvalue weighted by Crippen LogP contribution is 2.24. The van der Waals surface area contributed by atoms with Crippen molar-refractivity contribution in [3.63, 3.8) is 0 Å². The molecule has 98 valence electrons. The van der Waals surface area contributed by atoms with Gasteiger partial charge in [0.25, 0.3) is 0 Å². The van der Waals surface area contributed by atoms with Gasteiger partial charge in [0.05, 0.1) is 12.3 Å². The smallest absolute Gasteiger partial charge is 0.215 e. The molecular weight excluding hydrogens is 268 g/mol. The van der Waals surface area contributed by atoms with Gasteiger partial charge >= 0.3 is 0 Å². The Hall–Kier alpha value is -1.16. The highest BCUT2D eigenvalue weighted by molar-refractivity contribution is 8.00. The minimum atomic E-state index is -3.28. The van der Waals surface area contributed by atoms with Crippen molar-refractivity contribution >= 4 is 27.5 Å². The third kappa shape index (κ3) is 4.26. The summed E-state index contributed by atoms with van der Waals surface area (Å²) in [6.45, 7) is 0.0977. The van der Waals surface area contributed by atoms with Gasteiger partial charge in [-0.1, -0.05) is 18.1 Å². The molecule has 0 bridgehead atoms. The number of nitrogens with zero attached hydrogens (tertiary/aromatic N) is 1. The molecule has 1 aromatic carbocycles. The number of nitrogen functional groups attached to an aromatic ring is 1. The lowest BCUT2D eigenvalue weighted by atomic mass is 10.3. The Kier molecular flexibility index (Phi) is 5.54. The zero-order valence-corrected chi connectivity index (χ0v) is 11.8. The number of thioether (sulfide) groups is 1. The molecule has 0 atom stereocenters. The van der Waals surface area contributed by atoms with Gasteiger partial charge in [-0.3, -0.25) is 0 Å². The Morgan fingerprint density at radius 2 is 2.11 bits per heavy atom. The summed E-state index contributed by atoms with van der Waals surface area (Å²) in [5.74, 6) is 2.81. The van der Waals surface area contributed by atoms with Crippen LogP contribution in [0.2, 0.25) is 0 Å². The van der Waals surface area contributed by atoms with Crippen molar-refractivity contribution in [2.45, 2.75) is 4.90 Å². The molecule has 1 rings (SSSR count). The summed E-state index contributed by atoms with van der Waals surface area (Å²) in [7, 11) is -1.79. The summed E-state index contributed by atoms with van der Waals surface area (Å²) in [4.78, 5) is 0.896. The lowest BCUT2D eigenvalue weighted by Gasteiger charge is -2.14. The van der Waals surface area contributed by atoms with Gasteiger partial charge in [-0.05, 0) is 12.1 Å². The minimum Gasteiger partial charge on any atom is -0.398 e. The summed E-state index contributed by atoms with van der Waals surface area (Å²) in [5, 5.41) is 0. The van der Waals surface area contributed by atoms with Crippen LogP contribution >= 0.6 is 11.8 Å². The molecule has 0 saturated heterocycles. The van der Waals surface area contributed by atoms with Gasteiger partial charge in [-0.2, -0.15) is 4.31 Å². The molecule has 2 N–H and O–H groups in total. The lowest BCUT2D eigenvalue weighted by Crippen LogP contribution is -2.30. The number of nitrogens with two attached hydrogens (primary N) is 1. The van der Waals surface area contributed by atoms with Gasteiger partial charge in [-0.15, -0.1) is 18.2 Å². The highest BCUT2D eigenvalue weighted by Gasteiger charge is 2.16. The second kappa shape index (κ2) is 6.69. The Morgan fingerprint density at radius 1 is 1.44 bits per heavy atom. The van der Waals surface area contributed by atoms with E-state index in [2.05, 4.69) is 5.92 Å². The van der Waals surface area contributed by atoms with Gasteiger partial charge in [0.1, 0.15) is 0 Å². The van der Waals surface area contributed by atoms with Crippen molar-refractivity contribution in [1.29, 1.82) is 0 Å². The molecule has 6 heteroatoms. The van der Waals surface area contributed by atoms with Gasteiger partial charge in [-0.25, -0.2) is 8.42 Å². The van der Waals surface area contributed by atoms with E-state index in [-0.39, 0.29) is 12.3 Å². The molecule has 0 aliphatic carbocycles. The van der Waals surface area contributed by atoms with Gasteiger partial charge in [0.2, 0.25) is 10.0 Å². The topological polar surface area (TPSA) is 63.4 Å². The summed E-state index contributed by atoms with van der Waals surface area (Å²) < 4.78 is 24.7. The Labute approximate surface area is 113 Å². The predicted molar refractivity (Wildman–Crippen MR) is 76.8 cm³/mol. The average Bonchev–Trinajstić information content (AvgIpc) is 2.32. The molecule has 0 fully saturated rings. The number of rotatable bonds is 6. The number of para-hydroxylation sites is 1. The molecule has 0 amide bonds. The molecule has 0 heterocycles. The largest absolute Gasteiger partial charge is 0.398 e. The van der Waals surface area contributed by atoms with E-state index >= 15 is 0 Å². The molecule has 0 aliphatic rings. The van der Waals surface area contributed by atoms with E-state index in [1.54, 1.807) is 6.07 Å². The van der Waals surface area contributed by atoms with E-state index in [0.29, 0.717) is 11.4 Å². The molecule has 0 spiro atoms. The van der Waals surface area contributed by atoms with Crippen LogP contribution in [0.25, 0.3) is 0 Å². The van der Waals surface area contributed by atoms with Crippen LogP contribution < -0.4 is 5.73 Å². The highest BCUT2D eigenvalue weighted by atomic mass is 32.2. The van der Waals surface area contributed by atoms with E-state index in [4.69, 9.17) is 12.2 Å². The molecule has 0 saturated carbocycles. The number of terminal acetylenes is 1. The fraction of sp³-hybridized carbons (Fsp3) is 0.333. The standard InChI is InChI=1S/C12H16N2O2S2/c1-3-8-14(2)18(15,16)10-9-17-12-7-5-4-6-11(12)13/h1,4-7H,8-10,13H2,2H3. The summed E-state index contributed by atoms with van der Waals surface area (Å²) >= 11 is 1.43. The molecule has 1 aromatic rings. The molecule has 0 unspecified atom stereocenters. The monoisotopic (exact) mass is 284 g/mol. The number of sulfonamides is 1. The molecule has 18 heavy (non-hydrogen) atoms. The van der Waals surface area contributed by atoms with Gasteiger partial charge in [0.15, 0.2) is 0 Å².